The van der Waals surface area contributed by atoms with Crippen LogP contribution in [0, 0.1) is 0 Å². The molecule has 0 unspecified atom stereocenters. The summed E-state index contributed by atoms with van der Waals surface area (Å²) < 4.78 is 43.8. The normalized spacial score (nSPS) is 12.7. The number of alkyl halides is 2. The van der Waals surface area contributed by atoms with Crippen LogP contribution < -0.4 is 4.74 Å². The van der Waals surface area contributed by atoms with Gasteiger partial charge in [0.15, 0.2) is 6.29 Å². The summed E-state index contributed by atoms with van der Waals surface area (Å²) in [5, 5.41) is 0. The molecule has 7 nitrogen and oxygen atoms in total. The number of carbonyl (C=O) groups is 1. The van der Waals surface area contributed by atoms with Gasteiger partial charge in [-0.3, -0.25) is 9.79 Å². The van der Waals surface area contributed by atoms with Gasteiger partial charge in [-0.25, -0.2) is 4.98 Å². The first-order chi connectivity index (χ1) is 12.5. The molecule has 1 aromatic rings. The van der Waals surface area contributed by atoms with Gasteiger partial charge in [-0.2, -0.15) is 8.78 Å². The van der Waals surface area contributed by atoms with Crippen molar-refractivity contribution in [3.05, 3.63) is 23.9 Å². The van der Waals surface area contributed by atoms with Crippen molar-refractivity contribution in [2.24, 2.45) is 4.99 Å². The second kappa shape index (κ2) is 12.3. The smallest absolute Gasteiger partial charge is 0.388 e. The van der Waals surface area contributed by atoms with E-state index in [1.54, 1.807) is 0 Å². The summed E-state index contributed by atoms with van der Waals surface area (Å²) in [6.07, 6.45) is 3.71. The molecule has 26 heavy (non-hydrogen) atoms. The Morgan fingerprint density at radius 1 is 1.31 bits per heavy atom. The van der Waals surface area contributed by atoms with E-state index in [-0.39, 0.29) is 12.3 Å². The van der Waals surface area contributed by atoms with Crippen LogP contribution in [0.25, 0.3) is 0 Å². The highest BCUT2D eigenvalue weighted by Gasteiger charge is 2.18. The van der Waals surface area contributed by atoms with E-state index in [2.05, 4.69) is 14.7 Å². The van der Waals surface area contributed by atoms with Crippen molar-refractivity contribution < 1.29 is 32.5 Å². The number of hydrogen-bond donors (Lipinski definition) is 0. The van der Waals surface area contributed by atoms with Crippen LogP contribution in [-0.2, 0) is 19.0 Å². The lowest BCUT2D eigenvalue weighted by molar-refractivity contribution is -0.144. The van der Waals surface area contributed by atoms with E-state index in [1.807, 2.05) is 6.92 Å². The quantitative estimate of drug-likeness (QED) is 0.242. The lowest BCUT2D eigenvalue weighted by atomic mass is 10.1. The zero-order chi connectivity index (χ0) is 19.4. The van der Waals surface area contributed by atoms with Gasteiger partial charge in [0.2, 0.25) is 5.88 Å². The third kappa shape index (κ3) is 8.30. The third-order valence-corrected chi connectivity index (χ3v) is 3.33. The monoisotopic (exact) mass is 374 g/mol. The predicted octanol–water partition coefficient (Wildman–Crippen LogP) is 3.15. The van der Waals surface area contributed by atoms with Gasteiger partial charge in [0, 0.05) is 26.5 Å². The Labute approximate surface area is 151 Å². The lowest BCUT2D eigenvalue weighted by Crippen LogP contribution is -2.16. The third-order valence-electron chi connectivity index (χ3n) is 3.33. The van der Waals surface area contributed by atoms with E-state index in [0.717, 1.165) is 12.8 Å². The lowest BCUT2D eigenvalue weighted by Gasteiger charge is -2.14. The Bertz CT molecular complexity index is 551. The topological polar surface area (TPSA) is 79.2 Å². The van der Waals surface area contributed by atoms with Crippen LogP contribution >= 0.6 is 0 Å². The van der Waals surface area contributed by atoms with Gasteiger partial charge in [-0.15, -0.1) is 0 Å². The first-order valence-electron chi connectivity index (χ1n) is 8.15. The van der Waals surface area contributed by atoms with Crippen LogP contribution in [0.15, 0.2) is 23.3 Å². The molecule has 0 aliphatic carbocycles. The predicted molar refractivity (Wildman–Crippen MR) is 90.4 cm³/mol. The minimum atomic E-state index is -2.96. The van der Waals surface area contributed by atoms with Crippen molar-refractivity contribution in [3.8, 4) is 5.88 Å². The standard InChI is InChI=1S/C17H24F2N2O5/c1-4-5-8-25-15(22)9-13(20-11-16(23-2)24-3)12-6-7-14(21-10-12)26-17(18)19/h6-7,10-11,13,16-17H,4-5,8-9H2,1-3H3/t13-/m0/s1. The van der Waals surface area contributed by atoms with Crippen molar-refractivity contribution >= 4 is 12.2 Å². The number of esters is 1. The fourth-order valence-corrected chi connectivity index (χ4v) is 1.95. The van der Waals surface area contributed by atoms with E-state index in [9.17, 15) is 13.6 Å². The fraction of sp³-hybridized carbons (Fsp3) is 0.588. The molecular weight excluding hydrogens is 350 g/mol. The van der Waals surface area contributed by atoms with Crippen LogP contribution in [0.5, 0.6) is 5.88 Å². The van der Waals surface area contributed by atoms with E-state index in [1.165, 1.54) is 38.8 Å². The number of aliphatic imine (C=N–C) groups is 1. The number of rotatable bonds is 12. The number of pyridine rings is 1. The molecule has 1 rings (SSSR count). The summed E-state index contributed by atoms with van der Waals surface area (Å²) in [5.41, 5.74) is 0.543. The molecule has 0 fully saturated rings. The maximum absolute atomic E-state index is 12.2. The molecule has 0 aromatic carbocycles. The van der Waals surface area contributed by atoms with E-state index in [4.69, 9.17) is 14.2 Å². The molecule has 1 atom stereocenters. The number of hydrogen-bond acceptors (Lipinski definition) is 7. The Morgan fingerprint density at radius 3 is 2.58 bits per heavy atom. The molecule has 1 aromatic heterocycles. The van der Waals surface area contributed by atoms with Gasteiger partial charge in [0.25, 0.3) is 0 Å². The first-order valence-corrected chi connectivity index (χ1v) is 8.15. The molecule has 0 radical (unpaired) electrons. The molecule has 0 saturated heterocycles. The van der Waals surface area contributed by atoms with Crippen molar-refractivity contribution in [1.82, 2.24) is 4.98 Å². The highest BCUT2D eigenvalue weighted by atomic mass is 19.3. The van der Waals surface area contributed by atoms with E-state index >= 15 is 0 Å². The Kier molecular flexibility index (Phi) is 10.3. The minimum absolute atomic E-state index is 0.0307. The summed E-state index contributed by atoms with van der Waals surface area (Å²) in [6.45, 7) is -0.630. The SMILES string of the molecule is CCCCOC(=O)C[C@H](N=CC(OC)OC)c1ccc(OC(F)F)nc1. The summed E-state index contributed by atoms with van der Waals surface area (Å²) in [4.78, 5) is 20.1. The number of unbranched alkanes of at least 4 members (excludes halogenated alkanes) is 1. The molecule has 1 heterocycles. The Hall–Kier alpha value is -2.13. The highest BCUT2D eigenvalue weighted by molar-refractivity contribution is 5.71. The number of ether oxygens (including phenoxy) is 4. The van der Waals surface area contributed by atoms with Gasteiger partial charge >= 0.3 is 12.6 Å². The van der Waals surface area contributed by atoms with Crippen molar-refractivity contribution in [2.45, 2.75) is 45.1 Å². The van der Waals surface area contributed by atoms with E-state index in [0.29, 0.717) is 12.2 Å². The molecule has 0 saturated carbocycles. The van der Waals surface area contributed by atoms with Crippen molar-refractivity contribution in [1.29, 1.82) is 0 Å². The van der Waals surface area contributed by atoms with Gasteiger partial charge in [0.05, 0.1) is 25.3 Å². The average molecular weight is 374 g/mol. The van der Waals surface area contributed by atoms with Crippen LogP contribution in [0.3, 0.4) is 0 Å². The Morgan fingerprint density at radius 2 is 2.04 bits per heavy atom. The summed E-state index contributed by atoms with van der Waals surface area (Å²) >= 11 is 0. The number of aromatic nitrogens is 1. The molecule has 146 valence electrons. The maximum Gasteiger partial charge on any atom is 0.388 e. The van der Waals surface area contributed by atoms with E-state index < -0.39 is 24.9 Å². The summed E-state index contributed by atoms with van der Waals surface area (Å²) in [6, 6.07) is 2.18. The van der Waals surface area contributed by atoms with Crippen LogP contribution in [-0.4, -0.2) is 50.9 Å². The van der Waals surface area contributed by atoms with Crippen LogP contribution in [0.1, 0.15) is 37.8 Å². The molecule has 0 N–H and O–H groups in total. The number of nitrogens with zero attached hydrogens (tertiary/aromatic N) is 2. The number of methoxy groups -OCH3 is 2. The summed E-state index contributed by atoms with van der Waals surface area (Å²) in [7, 11) is 2.90. The zero-order valence-corrected chi connectivity index (χ0v) is 15.1. The second-order valence-electron chi connectivity index (χ2n) is 5.24. The molecule has 0 aliphatic heterocycles. The molecule has 0 aliphatic rings. The van der Waals surface area contributed by atoms with Gasteiger partial charge in [-0.05, 0) is 18.1 Å². The molecule has 0 spiro atoms. The highest BCUT2D eigenvalue weighted by Crippen LogP contribution is 2.23. The minimum Gasteiger partial charge on any atom is -0.466 e. The zero-order valence-electron chi connectivity index (χ0n) is 15.1. The van der Waals surface area contributed by atoms with Crippen LogP contribution in [0.4, 0.5) is 8.78 Å². The number of carbonyl (C=O) groups excluding carboxylic acids is 1. The first kappa shape index (κ1) is 21.9. The Balaban J connectivity index is 2.86. The number of halogens is 2. The molecule has 9 heteroatoms. The largest absolute Gasteiger partial charge is 0.466 e. The molecule has 0 amide bonds. The average Bonchev–Trinajstić information content (AvgIpc) is 2.62. The fourth-order valence-electron chi connectivity index (χ4n) is 1.95. The van der Waals surface area contributed by atoms with Gasteiger partial charge in [0.1, 0.15) is 0 Å². The maximum atomic E-state index is 12.2. The van der Waals surface area contributed by atoms with Gasteiger partial charge in [-0.1, -0.05) is 13.3 Å². The summed E-state index contributed by atoms with van der Waals surface area (Å²) in [5.74, 6) is -0.636. The van der Waals surface area contributed by atoms with Gasteiger partial charge < -0.3 is 18.9 Å². The van der Waals surface area contributed by atoms with Crippen molar-refractivity contribution in [2.75, 3.05) is 20.8 Å². The molecular formula is C17H24F2N2O5. The van der Waals surface area contributed by atoms with Crippen molar-refractivity contribution in [3.63, 3.8) is 0 Å². The second-order valence-corrected chi connectivity index (χ2v) is 5.24. The molecule has 0 bridgehead atoms. The van der Waals surface area contributed by atoms with Crippen LogP contribution in [0.2, 0.25) is 0 Å².